The van der Waals surface area contributed by atoms with Gasteiger partial charge in [0.15, 0.2) is 0 Å². The minimum Gasteiger partial charge on any atom is -0.329 e. The Balaban J connectivity index is 2.55. The molecule has 0 radical (unpaired) electrons. The topological polar surface area (TPSA) is 29.3 Å². The van der Waals surface area contributed by atoms with Crippen molar-refractivity contribution in [3.05, 3.63) is 0 Å². The highest BCUT2D eigenvalue weighted by molar-refractivity contribution is 4.93. The summed E-state index contributed by atoms with van der Waals surface area (Å²) in [6.45, 7) is 6.64. The SMILES string of the molecule is CCC(C)CN(C)C1(CN)CCCCC1. The monoisotopic (exact) mass is 212 g/mol. The van der Waals surface area contributed by atoms with Crippen LogP contribution < -0.4 is 5.73 Å². The maximum absolute atomic E-state index is 6.01. The molecule has 0 aliphatic heterocycles. The van der Waals surface area contributed by atoms with Crippen LogP contribution in [0.3, 0.4) is 0 Å². The van der Waals surface area contributed by atoms with Gasteiger partial charge in [0.1, 0.15) is 0 Å². The molecule has 1 saturated carbocycles. The van der Waals surface area contributed by atoms with Crippen molar-refractivity contribution in [3.8, 4) is 0 Å². The summed E-state index contributed by atoms with van der Waals surface area (Å²) in [5.41, 5.74) is 6.34. The Bertz CT molecular complexity index is 173. The predicted octanol–water partition coefficient (Wildman–Crippen LogP) is 2.63. The van der Waals surface area contributed by atoms with Gasteiger partial charge in [-0.2, -0.15) is 0 Å². The van der Waals surface area contributed by atoms with Crippen molar-refractivity contribution in [1.29, 1.82) is 0 Å². The fourth-order valence-electron chi connectivity index (χ4n) is 2.74. The third-order valence-corrected chi connectivity index (χ3v) is 4.26. The summed E-state index contributed by atoms with van der Waals surface area (Å²) in [4.78, 5) is 2.54. The normalized spacial score (nSPS) is 23.0. The summed E-state index contributed by atoms with van der Waals surface area (Å²) in [5, 5.41) is 0. The van der Waals surface area contributed by atoms with Gasteiger partial charge in [-0.25, -0.2) is 0 Å². The van der Waals surface area contributed by atoms with Gasteiger partial charge < -0.3 is 5.73 Å². The highest BCUT2D eigenvalue weighted by atomic mass is 15.2. The van der Waals surface area contributed by atoms with Crippen LogP contribution in [-0.2, 0) is 0 Å². The molecule has 90 valence electrons. The number of nitrogens with zero attached hydrogens (tertiary/aromatic N) is 1. The number of hydrogen-bond donors (Lipinski definition) is 1. The zero-order valence-corrected chi connectivity index (χ0v) is 10.8. The molecule has 1 aliphatic carbocycles. The van der Waals surface area contributed by atoms with E-state index in [0.29, 0.717) is 5.54 Å². The van der Waals surface area contributed by atoms with E-state index in [1.165, 1.54) is 45.1 Å². The summed E-state index contributed by atoms with van der Waals surface area (Å²) in [7, 11) is 2.27. The van der Waals surface area contributed by atoms with E-state index in [1.807, 2.05) is 0 Å². The molecule has 1 rings (SSSR count). The minimum atomic E-state index is 0.321. The Kier molecular flexibility index (Phi) is 5.07. The molecule has 0 aromatic carbocycles. The molecule has 2 nitrogen and oxygen atoms in total. The number of rotatable bonds is 5. The summed E-state index contributed by atoms with van der Waals surface area (Å²) in [5.74, 6) is 0.792. The Morgan fingerprint density at radius 1 is 1.27 bits per heavy atom. The van der Waals surface area contributed by atoms with E-state index in [9.17, 15) is 0 Å². The van der Waals surface area contributed by atoms with Crippen LogP contribution in [0.1, 0.15) is 52.4 Å². The quantitative estimate of drug-likeness (QED) is 0.759. The van der Waals surface area contributed by atoms with E-state index < -0.39 is 0 Å². The molecule has 0 amide bonds. The minimum absolute atomic E-state index is 0.321. The van der Waals surface area contributed by atoms with Crippen molar-refractivity contribution >= 4 is 0 Å². The lowest BCUT2D eigenvalue weighted by atomic mass is 9.80. The Morgan fingerprint density at radius 2 is 1.87 bits per heavy atom. The van der Waals surface area contributed by atoms with E-state index in [4.69, 9.17) is 5.73 Å². The van der Waals surface area contributed by atoms with E-state index >= 15 is 0 Å². The van der Waals surface area contributed by atoms with Crippen LogP contribution >= 0.6 is 0 Å². The van der Waals surface area contributed by atoms with Gasteiger partial charge in [-0.3, -0.25) is 4.90 Å². The third-order valence-electron chi connectivity index (χ3n) is 4.26. The Hall–Kier alpha value is -0.0800. The van der Waals surface area contributed by atoms with Crippen molar-refractivity contribution < 1.29 is 0 Å². The average molecular weight is 212 g/mol. The lowest BCUT2D eigenvalue weighted by Gasteiger charge is -2.45. The van der Waals surface area contributed by atoms with E-state index in [1.54, 1.807) is 0 Å². The largest absolute Gasteiger partial charge is 0.329 e. The van der Waals surface area contributed by atoms with Gasteiger partial charge >= 0.3 is 0 Å². The number of likely N-dealkylation sites (N-methyl/N-ethyl adjacent to an activating group) is 1. The molecule has 1 atom stereocenters. The summed E-state index contributed by atoms with van der Waals surface area (Å²) < 4.78 is 0. The van der Waals surface area contributed by atoms with Gasteiger partial charge in [-0.1, -0.05) is 39.5 Å². The van der Waals surface area contributed by atoms with Crippen molar-refractivity contribution in [3.63, 3.8) is 0 Å². The molecule has 0 aromatic heterocycles. The average Bonchev–Trinajstić information content (AvgIpc) is 2.29. The smallest absolute Gasteiger partial charge is 0.0328 e. The van der Waals surface area contributed by atoms with Crippen molar-refractivity contribution in [1.82, 2.24) is 4.90 Å². The van der Waals surface area contributed by atoms with Gasteiger partial charge in [0.25, 0.3) is 0 Å². The highest BCUT2D eigenvalue weighted by Gasteiger charge is 2.34. The van der Waals surface area contributed by atoms with E-state index in [-0.39, 0.29) is 0 Å². The first-order valence-corrected chi connectivity index (χ1v) is 6.56. The summed E-state index contributed by atoms with van der Waals surface area (Å²) >= 11 is 0. The fraction of sp³-hybridized carbons (Fsp3) is 1.00. The van der Waals surface area contributed by atoms with Gasteiger partial charge in [0.2, 0.25) is 0 Å². The molecule has 2 N–H and O–H groups in total. The van der Waals surface area contributed by atoms with Gasteiger partial charge in [-0.05, 0) is 25.8 Å². The first-order chi connectivity index (χ1) is 7.14. The first kappa shape index (κ1) is 13.0. The van der Waals surface area contributed by atoms with Crippen LogP contribution in [0.2, 0.25) is 0 Å². The lowest BCUT2D eigenvalue weighted by molar-refractivity contribution is 0.0693. The van der Waals surface area contributed by atoms with E-state index in [2.05, 4.69) is 25.8 Å². The Morgan fingerprint density at radius 3 is 2.33 bits per heavy atom. The second-order valence-electron chi connectivity index (χ2n) is 5.38. The summed E-state index contributed by atoms with van der Waals surface area (Å²) in [6, 6.07) is 0. The molecule has 15 heavy (non-hydrogen) atoms. The summed E-state index contributed by atoms with van der Waals surface area (Å²) in [6.07, 6.45) is 8.00. The van der Waals surface area contributed by atoms with Gasteiger partial charge in [0, 0.05) is 18.6 Å². The van der Waals surface area contributed by atoms with Crippen molar-refractivity contribution in [2.24, 2.45) is 11.7 Å². The molecular weight excluding hydrogens is 184 g/mol. The van der Waals surface area contributed by atoms with Crippen molar-refractivity contribution in [2.45, 2.75) is 57.9 Å². The third kappa shape index (κ3) is 3.18. The van der Waals surface area contributed by atoms with Crippen molar-refractivity contribution in [2.75, 3.05) is 20.1 Å². The fourth-order valence-corrected chi connectivity index (χ4v) is 2.74. The molecule has 0 heterocycles. The molecule has 1 fully saturated rings. The lowest BCUT2D eigenvalue weighted by Crippen LogP contribution is -2.54. The second kappa shape index (κ2) is 5.86. The van der Waals surface area contributed by atoms with Crippen LogP contribution in [0, 0.1) is 5.92 Å². The first-order valence-electron chi connectivity index (χ1n) is 6.56. The zero-order chi connectivity index (χ0) is 11.3. The molecule has 0 bridgehead atoms. The van der Waals surface area contributed by atoms with E-state index in [0.717, 1.165) is 12.5 Å². The molecular formula is C13H28N2. The molecule has 0 saturated heterocycles. The second-order valence-corrected chi connectivity index (χ2v) is 5.38. The van der Waals surface area contributed by atoms with Crippen LogP contribution in [0.5, 0.6) is 0 Å². The zero-order valence-electron chi connectivity index (χ0n) is 10.8. The van der Waals surface area contributed by atoms with Crippen LogP contribution in [0.4, 0.5) is 0 Å². The van der Waals surface area contributed by atoms with Gasteiger partial charge in [-0.15, -0.1) is 0 Å². The maximum Gasteiger partial charge on any atom is 0.0328 e. The maximum atomic E-state index is 6.01. The molecule has 1 aliphatic rings. The van der Waals surface area contributed by atoms with Crippen LogP contribution in [-0.4, -0.2) is 30.6 Å². The number of nitrogens with two attached hydrogens (primary N) is 1. The standard InChI is InChI=1S/C13H28N2/c1-4-12(2)10-15(3)13(11-14)8-6-5-7-9-13/h12H,4-11,14H2,1-3H3. The predicted molar refractivity (Wildman–Crippen MR) is 67.0 cm³/mol. The molecule has 0 aromatic rings. The molecule has 2 heteroatoms. The molecule has 0 spiro atoms. The molecule has 1 unspecified atom stereocenters. The van der Waals surface area contributed by atoms with Crippen LogP contribution in [0.25, 0.3) is 0 Å². The Labute approximate surface area is 95.2 Å². The van der Waals surface area contributed by atoms with Gasteiger partial charge in [0.05, 0.1) is 0 Å². The highest BCUT2D eigenvalue weighted by Crippen LogP contribution is 2.32. The number of hydrogen-bond acceptors (Lipinski definition) is 2. The van der Waals surface area contributed by atoms with Crippen LogP contribution in [0.15, 0.2) is 0 Å².